The first-order chi connectivity index (χ1) is 6.68. The first kappa shape index (κ1) is 12.3. The minimum atomic E-state index is -0.590. The summed E-state index contributed by atoms with van der Waals surface area (Å²) >= 11 is 0. The molecule has 0 aromatic rings. The van der Waals surface area contributed by atoms with Gasteiger partial charge in [-0.2, -0.15) is 0 Å². The number of carbonyl (C=O) groups excluding carboxylic acids is 1. The molecule has 1 aliphatic carbocycles. The van der Waals surface area contributed by atoms with E-state index in [1.807, 2.05) is 0 Å². The number of hydrogen-bond donors (Lipinski definition) is 3. The van der Waals surface area contributed by atoms with E-state index in [1.54, 1.807) is 27.7 Å². The largest absolute Gasteiger partial charge is 0.443 e. The van der Waals surface area contributed by atoms with Crippen LogP contribution >= 0.6 is 0 Å². The fraction of sp³-hybridized carbons (Fsp3) is 0.900. The molecule has 1 fully saturated rings. The number of aliphatic hydroxyl groups is 1. The molecule has 1 saturated carbocycles. The van der Waals surface area contributed by atoms with Crippen molar-refractivity contribution in [2.45, 2.75) is 57.8 Å². The van der Waals surface area contributed by atoms with Crippen LogP contribution in [0.3, 0.4) is 0 Å². The maximum Gasteiger partial charge on any atom is 0.422 e. The summed E-state index contributed by atoms with van der Waals surface area (Å²) in [5.74, 6) is 0. The highest BCUT2D eigenvalue weighted by Gasteiger charge is 2.38. The molecule has 3 N–H and O–H groups in total. The molecule has 5 heteroatoms. The van der Waals surface area contributed by atoms with Crippen LogP contribution in [0.25, 0.3) is 0 Å². The van der Waals surface area contributed by atoms with Gasteiger partial charge in [-0.1, -0.05) is 0 Å². The third-order valence-corrected chi connectivity index (χ3v) is 2.15. The SMILES string of the molecule is CC1(O)CC(NNC(=O)OC(C)(C)C)C1. The van der Waals surface area contributed by atoms with E-state index < -0.39 is 17.3 Å². The minimum Gasteiger partial charge on any atom is -0.443 e. The van der Waals surface area contributed by atoms with Gasteiger partial charge in [-0.3, -0.25) is 5.43 Å². The van der Waals surface area contributed by atoms with Gasteiger partial charge < -0.3 is 9.84 Å². The third-order valence-electron chi connectivity index (χ3n) is 2.15. The van der Waals surface area contributed by atoms with Crippen molar-refractivity contribution in [3.05, 3.63) is 0 Å². The van der Waals surface area contributed by atoms with E-state index in [-0.39, 0.29) is 6.04 Å². The molecule has 0 spiro atoms. The Balaban J connectivity index is 2.14. The second-order valence-electron chi connectivity index (χ2n) is 5.37. The molecule has 0 unspecified atom stereocenters. The Morgan fingerprint density at radius 2 is 2.00 bits per heavy atom. The zero-order valence-corrected chi connectivity index (χ0v) is 9.76. The van der Waals surface area contributed by atoms with Crippen molar-refractivity contribution in [1.82, 2.24) is 10.9 Å². The van der Waals surface area contributed by atoms with Crippen molar-refractivity contribution in [3.8, 4) is 0 Å². The topological polar surface area (TPSA) is 70.6 Å². The molecule has 88 valence electrons. The number of nitrogens with one attached hydrogen (secondary N) is 2. The molecule has 0 aliphatic heterocycles. The molecule has 0 atom stereocenters. The molecular formula is C10H20N2O3. The third kappa shape index (κ3) is 4.48. The number of hydrazine groups is 1. The summed E-state index contributed by atoms with van der Waals surface area (Å²) in [5, 5.41) is 9.45. The van der Waals surface area contributed by atoms with Crippen LogP contribution in [0, 0.1) is 0 Å². The molecule has 5 nitrogen and oxygen atoms in total. The minimum absolute atomic E-state index is 0.132. The smallest absolute Gasteiger partial charge is 0.422 e. The Kier molecular flexibility index (Phi) is 3.25. The summed E-state index contributed by atoms with van der Waals surface area (Å²) in [6.45, 7) is 7.20. The molecule has 0 aromatic carbocycles. The molecule has 15 heavy (non-hydrogen) atoms. The Labute approximate surface area is 90.2 Å². The van der Waals surface area contributed by atoms with E-state index >= 15 is 0 Å². The van der Waals surface area contributed by atoms with Crippen molar-refractivity contribution in [2.24, 2.45) is 0 Å². The molecule has 1 aliphatic rings. The van der Waals surface area contributed by atoms with Gasteiger partial charge in [0.05, 0.1) is 5.60 Å². The lowest BCUT2D eigenvalue weighted by atomic mass is 9.78. The summed E-state index contributed by atoms with van der Waals surface area (Å²) < 4.78 is 5.03. The zero-order valence-electron chi connectivity index (χ0n) is 9.76. The number of rotatable bonds is 2. The average molecular weight is 216 g/mol. The van der Waals surface area contributed by atoms with E-state index in [1.165, 1.54) is 0 Å². The Bertz CT molecular complexity index is 238. The van der Waals surface area contributed by atoms with Gasteiger partial charge in [-0.15, -0.1) is 0 Å². The van der Waals surface area contributed by atoms with Gasteiger partial charge in [0.25, 0.3) is 0 Å². The Morgan fingerprint density at radius 1 is 1.47 bits per heavy atom. The molecule has 1 rings (SSSR count). The maximum absolute atomic E-state index is 11.2. The second kappa shape index (κ2) is 3.98. The standard InChI is InChI=1S/C10H20N2O3/c1-9(2,3)15-8(13)12-11-7-5-10(4,14)6-7/h7,11,14H,5-6H2,1-4H3,(H,12,13). The predicted octanol–water partition coefficient (Wildman–Crippen LogP) is 0.929. The van der Waals surface area contributed by atoms with Crippen LogP contribution in [0.1, 0.15) is 40.5 Å². The molecule has 0 heterocycles. The predicted molar refractivity (Wildman–Crippen MR) is 56.2 cm³/mol. The van der Waals surface area contributed by atoms with E-state index in [0.29, 0.717) is 12.8 Å². The van der Waals surface area contributed by atoms with Gasteiger partial charge in [0.2, 0.25) is 0 Å². The van der Waals surface area contributed by atoms with Crippen molar-refractivity contribution >= 4 is 6.09 Å². The Hall–Kier alpha value is -0.810. The van der Waals surface area contributed by atoms with Crippen LogP contribution in [0.4, 0.5) is 4.79 Å². The molecule has 0 saturated heterocycles. The van der Waals surface area contributed by atoms with E-state index in [2.05, 4.69) is 10.9 Å². The first-order valence-electron chi connectivity index (χ1n) is 5.15. The van der Waals surface area contributed by atoms with E-state index in [0.717, 1.165) is 0 Å². The molecular weight excluding hydrogens is 196 g/mol. The fourth-order valence-corrected chi connectivity index (χ4v) is 1.57. The summed E-state index contributed by atoms with van der Waals surface area (Å²) in [4.78, 5) is 11.2. The van der Waals surface area contributed by atoms with E-state index in [9.17, 15) is 9.90 Å². The highest BCUT2D eigenvalue weighted by atomic mass is 16.6. The highest BCUT2D eigenvalue weighted by Crippen LogP contribution is 2.30. The van der Waals surface area contributed by atoms with Crippen molar-refractivity contribution < 1.29 is 14.6 Å². The number of ether oxygens (including phenoxy) is 1. The second-order valence-corrected chi connectivity index (χ2v) is 5.37. The van der Waals surface area contributed by atoms with Gasteiger partial charge in [0.15, 0.2) is 0 Å². The summed E-state index contributed by atoms with van der Waals surface area (Å²) in [6.07, 6.45) is 0.792. The Morgan fingerprint density at radius 3 is 2.40 bits per heavy atom. The summed E-state index contributed by atoms with van der Waals surface area (Å²) in [6, 6.07) is 0.132. The highest BCUT2D eigenvalue weighted by molar-refractivity contribution is 5.67. The average Bonchev–Trinajstić information content (AvgIpc) is 1.93. The zero-order chi connectivity index (χ0) is 11.7. The van der Waals surface area contributed by atoms with Gasteiger partial charge >= 0.3 is 6.09 Å². The monoisotopic (exact) mass is 216 g/mol. The van der Waals surface area contributed by atoms with Crippen molar-refractivity contribution in [1.29, 1.82) is 0 Å². The maximum atomic E-state index is 11.2. The van der Waals surface area contributed by atoms with Crippen LogP contribution in [0.5, 0.6) is 0 Å². The van der Waals surface area contributed by atoms with Crippen LogP contribution < -0.4 is 10.9 Å². The lowest BCUT2D eigenvalue weighted by Gasteiger charge is -2.41. The normalized spacial score (nSPS) is 30.6. The molecule has 0 aromatic heterocycles. The quantitative estimate of drug-likeness (QED) is 0.600. The lowest BCUT2D eigenvalue weighted by Crippen LogP contribution is -2.57. The van der Waals surface area contributed by atoms with Gasteiger partial charge in [0.1, 0.15) is 5.60 Å². The number of amides is 1. The van der Waals surface area contributed by atoms with Crippen molar-refractivity contribution in [3.63, 3.8) is 0 Å². The summed E-state index contributed by atoms with van der Waals surface area (Å²) in [7, 11) is 0. The first-order valence-corrected chi connectivity index (χ1v) is 5.15. The van der Waals surface area contributed by atoms with Crippen molar-refractivity contribution in [2.75, 3.05) is 0 Å². The van der Waals surface area contributed by atoms with E-state index in [4.69, 9.17) is 4.74 Å². The lowest BCUT2D eigenvalue weighted by molar-refractivity contribution is -0.0437. The number of hydrogen-bond acceptors (Lipinski definition) is 4. The summed E-state index contributed by atoms with van der Waals surface area (Å²) in [5.41, 5.74) is 4.19. The van der Waals surface area contributed by atoms with Gasteiger partial charge in [-0.05, 0) is 40.5 Å². The van der Waals surface area contributed by atoms with Crippen LogP contribution in [0.2, 0.25) is 0 Å². The molecule has 0 radical (unpaired) electrons. The fourth-order valence-electron chi connectivity index (χ4n) is 1.57. The number of carbonyl (C=O) groups is 1. The van der Waals surface area contributed by atoms with Crippen LogP contribution in [-0.2, 0) is 4.74 Å². The van der Waals surface area contributed by atoms with Gasteiger partial charge in [-0.25, -0.2) is 10.2 Å². The van der Waals surface area contributed by atoms with Crippen LogP contribution in [0.15, 0.2) is 0 Å². The molecule has 0 bridgehead atoms. The van der Waals surface area contributed by atoms with Gasteiger partial charge in [0, 0.05) is 6.04 Å². The molecule has 1 amide bonds. The van der Waals surface area contributed by atoms with Crippen LogP contribution in [-0.4, -0.2) is 28.4 Å².